The Labute approximate surface area is 241 Å². The largest absolute Gasteiger partial charge is 0.306 e. The van der Waals surface area contributed by atoms with Crippen LogP contribution in [-0.2, 0) is 0 Å². The van der Waals surface area contributed by atoms with Crippen LogP contribution >= 0.6 is 11.3 Å². The van der Waals surface area contributed by atoms with Crippen molar-refractivity contribution in [1.29, 1.82) is 0 Å². The average molecular weight is 542 g/mol. The Morgan fingerprint density at radius 3 is 2.15 bits per heavy atom. The third kappa shape index (κ3) is 3.35. The van der Waals surface area contributed by atoms with Crippen molar-refractivity contribution >= 4 is 60.4 Å². The van der Waals surface area contributed by atoms with Gasteiger partial charge in [-0.1, -0.05) is 91.0 Å². The lowest BCUT2D eigenvalue weighted by Crippen LogP contribution is -2.18. The van der Waals surface area contributed by atoms with Gasteiger partial charge in [-0.15, -0.1) is 11.3 Å². The summed E-state index contributed by atoms with van der Waals surface area (Å²) in [5.74, 6) is 0. The molecule has 0 atom stereocenters. The van der Waals surface area contributed by atoms with Gasteiger partial charge in [0, 0.05) is 22.0 Å². The van der Waals surface area contributed by atoms with Crippen LogP contribution in [0, 0.1) is 0 Å². The zero-order chi connectivity index (χ0) is 26.9. The maximum absolute atomic E-state index is 4.90. The Bertz CT molecular complexity index is 2280. The summed E-state index contributed by atoms with van der Waals surface area (Å²) in [5, 5.41) is 3.61. The van der Waals surface area contributed by atoms with Gasteiger partial charge < -0.3 is 9.47 Å². The Hall–Kier alpha value is -5.19. The number of anilines is 3. The van der Waals surface area contributed by atoms with Crippen LogP contribution in [0.5, 0.6) is 0 Å². The minimum absolute atomic E-state index is 1.04. The molecule has 3 nitrogen and oxygen atoms in total. The highest BCUT2D eigenvalue weighted by molar-refractivity contribution is 7.21. The molecule has 0 unspecified atom stereocenters. The minimum atomic E-state index is 1.04. The molecule has 0 bridgehead atoms. The molecule has 3 heterocycles. The normalized spacial score (nSPS) is 12.3. The van der Waals surface area contributed by atoms with E-state index in [4.69, 9.17) is 4.98 Å². The van der Waals surface area contributed by atoms with Crippen molar-refractivity contribution in [3.05, 3.63) is 140 Å². The van der Waals surface area contributed by atoms with Crippen molar-refractivity contribution in [2.24, 2.45) is 0 Å². The van der Waals surface area contributed by atoms with Crippen molar-refractivity contribution in [3.8, 4) is 27.4 Å². The number of aromatic nitrogens is 2. The van der Waals surface area contributed by atoms with Gasteiger partial charge in [0.1, 0.15) is 5.01 Å². The van der Waals surface area contributed by atoms with Gasteiger partial charge in [0.15, 0.2) is 0 Å². The first kappa shape index (κ1) is 22.6. The van der Waals surface area contributed by atoms with Gasteiger partial charge in [-0.3, -0.25) is 0 Å². The second-order valence-electron chi connectivity index (χ2n) is 10.5. The average Bonchev–Trinajstić information content (AvgIpc) is 3.62. The van der Waals surface area contributed by atoms with Gasteiger partial charge in [0.05, 0.1) is 38.3 Å². The van der Waals surface area contributed by atoms with Crippen LogP contribution in [0.25, 0.3) is 59.4 Å². The van der Waals surface area contributed by atoms with Crippen molar-refractivity contribution in [1.82, 2.24) is 9.55 Å². The minimum Gasteiger partial charge on any atom is -0.306 e. The SMILES string of the molecule is c1ccc(-c2nc3ccc(-c4cccc(N5c6ccccc6-n6c7ccccc7c7cccc5c76)c4)cc3s2)cc1. The summed E-state index contributed by atoms with van der Waals surface area (Å²) in [4.78, 5) is 7.32. The molecule has 4 heteroatoms. The van der Waals surface area contributed by atoms with Gasteiger partial charge in [0.25, 0.3) is 0 Å². The van der Waals surface area contributed by atoms with Gasteiger partial charge in [-0.05, 0) is 59.7 Å². The Morgan fingerprint density at radius 1 is 0.512 bits per heavy atom. The third-order valence-electron chi connectivity index (χ3n) is 8.12. The Morgan fingerprint density at radius 2 is 1.22 bits per heavy atom. The van der Waals surface area contributed by atoms with Crippen LogP contribution in [0.1, 0.15) is 0 Å². The first-order chi connectivity index (χ1) is 20.3. The fourth-order valence-electron chi connectivity index (χ4n) is 6.31. The molecule has 8 aromatic rings. The summed E-state index contributed by atoms with van der Waals surface area (Å²) in [6.07, 6.45) is 0. The summed E-state index contributed by atoms with van der Waals surface area (Å²) in [5.41, 5.74) is 11.8. The molecule has 41 heavy (non-hydrogen) atoms. The topological polar surface area (TPSA) is 21.1 Å². The highest BCUT2D eigenvalue weighted by atomic mass is 32.1. The third-order valence-corrected chi connectivity index (χ3v) is 9.19. The molecule has 0 amide bonds. The highest BCUT2D eigenvalue weighted by Crippen LogP contribution is 2.49. The number of hydrogen-bond donors (Lipinski definition) is 0. The van der Waals surface area contributed by atoms with Gasteiger partial charge >= 0.3 is 0 Å². The molecule has 0 N–H and O–H groups in total. The van der Waals surface area contributed by atoms with Crippen LogP contribution in [0.2, 0.25) is 0 Å². The van der Waals surface area contributed by atoms with E-state index in [2.05, 4.69) is 143 Å². The second-order valence-corrected chi connectivity index (χ2v) is 11.5. The van der Waals surface area contributed by atoms with E-state index in [0.29, 0.717) is 0 Å². The van der Waals surface area contributed by atoms with Gasteiger partial charge in [-0.2, -0.15) is 0 Å². The molecule has 9 rings (SSSR count). The molecule has 1 aliphatic rings. The van der Waals surface area contributed by atoms with Crippen molar-refractivity contribution in [2.75, 3.05) is 4.90 Å². The number of thiazole rings is 1. The molecule has 0 fully saturated rings. The van der Waals surface area contributed by atoms with E-state index in [-0.39, 0.29) is 0 Å². The fourth-order valence-corrected chi connectivity index (χ4v) is 7.32. The van der Waals surface area contributed by atoms with Crippen molar-refractivity contribution in [2.45, 2.75) is 0 Å². The van der Waals surface area contributed by atoms with Crippen LogP contribution < -0.4 is 4.90 Å². The van der Waals surface area contributed by atoms with E-state index < -0.39 is 0 Å². The molecule has 1 aliphatic heterocycles. The smallest absolute Gasteiger partial charge is 0.124 e. The molecular formula is C37H23N3S. The summed E-state index contributed by atoms with van der Waals surface area (Å²) in [7, 11) is 0. The number of nitrogens with zero attached hydrogens (tertiary/aromatic N) is 3. The monoisotopic (exact) mass is 541 g/mol. The number of rotatable bonds is 3. The van der Waals surface area contributed by atoms with E-state index in [1.54, 1.807) is 11.3 Å². The number of benzene rings is 6. The van der Waals surface area contributed by atoms with Crippen LogP contribution in [-0.4, -0.2) is 9.55 Å². The Kier molecular flexibility index (Phi) is 4.77. The second kappa shape index (κ2) is 8.65. The first-order valence-electron chi connectivity index (χ1n) is 13.8. The summed E-state index contributed by atoms with van der Waals surface area (Å²) in [6.45, 7) is 0. The van der Waals surface area contributed by atoms with Crippen molar-refractivity contribution < 1.29 is 0 Å². The molecule has 0 aliphatic carbocycles. The molecule has 0 saturated carbocycles. The number of fused-ring (bicyclic) bond motifs is 6. The van der Waals surface area contributed by atoms with E-state index in [1.165, 1.54) is 54.7 Å². The van der Waals surface area contributed by atoms with Crippen molar-refractivity contribution in [3.63, 3.8) is 0 Å². The first-order valence-corrected chi connectivity index (χ1v) is 14.6. The van der Waals surface area contributed by atoms with E-state index in [1.807, 2.05) is 6.07 Å². The predicted octanol–water partition coefficient (Wildman–Crippen LogP) is 10.5. The number of para-hydroxylation sites is 4. The van der Waals surface area contributed by atoms with E-state index >= 15 is 0 Å². The molecule has 0 spiro atoms. The quantitative estimate of drug-likeness (QED) is 0.222. The molecule has 2 aromatic heterocycles. The van der Waals surface area contributed by atoms with Crippen LogP contribution in [0.4, 0.5) is 17.1 Å². The maximum Gasteiger partial charge on any atom is 0.124 e. The van der Waals surface area contributed by atoms with E-state index in [0.717, 1.165) is 21.8 Å². The summed E-state index contributed by atoms with van der Waals surface area (Å²) >= 11 is 1.75. The molecule has 0 radical (unpaired) electrons. The lowest BCUT2D eigenvalue weighted by atomic mass is 10.0. The van der Waals surface area contributed by atoms with Crippen LogP contribution in [0.3, 0.4) is 0 Å². The standard InChI is InChI=1S/C37H23N3S/c1-2-10-24(11-3-1)37-38-30-21-20-26(23-35(30)41-37)25-12-8-13-27(22-25)39-32-17-6-7-18-33(32)40-31-16-5-4-14-28(31)29-15-9-19-34(39)36(29)40/h1-23H. The lowest BCUT2D eigenvalue weighted by Gasteiger charge is -2.33. The number of hydrogen-bond acceptors (Lipinski definition) is 3. The Balaban J connectivity index is 1.21. The molecule has 192 valence electrons. The van der Waals surface area contributed by atoms with Gasteiger partial charge in [0.2, 0.25) is 0 Å². The van der Waals surface area contributed by atoms with E-state index in [9.17, 15) is 0 Å². The molecule has 0 saturated heterocycles. The van der Waals surface area contributed by atoms with Gasteiger partial charge in [-0.25, -0.2) is 4.98 Å². The zero-order valence-corrected chi connectivity index (χ0v) is 22.8. The molecular weight excluding hydrogens is 518 g/mol. The highest BCUT2D eigenvalue weighted by Gasteiger charge is 2.28. The zero-order valence-electron chi connectivity index (χ0n) is 22.0. The summed E-state index contributed by atoms with van der Waals surface area (Å²) < 4.78 is 3.63. The fraction of sp³-hybridized carbons (Fsp3) is 0. The predicted molar refractivity (Wildman–Crippen MR) is 173 cm³/mol. The molecule has 6 aromatic carbocycles. The lowest BCUT2D eigenvalue weighted by molar-refractivity contribution is 1.11. The maximum atomic E-state index is 4.90. The van der Waals surface area contributed by atoms with Crippen LogP contribution in [0.15, 0.2) is 140 Å². The summed E-state index contributed by atoms with van der Waals surface area (Å²) in [6, 6.07) is 50.1.